The molecule has 3 heteroatoms. The first-order valence-electron chi connectivity index (χ1n) is 3.18. The Bertz CT molecular complexity index is 50.3. The van der Waals surface area contributed by atoms with Gasteiger partial charge in [-0.15, -0.1) is 0 Å². The molecule has 0 unspecified atom stereocenters. The summed E-state index contributed by atoms with van der Waals surface area (Å²) in [6.07, 6.45) is 0.644. The third-order valence-electron chi connectivity index (χ3n) is 0.906. The quantitative estimate of drug-likeness (QED) is 0.481. The SMILES string of the molecule is CCO.O[C@H]1CCOC1. The van der Waals surface area contributed by atoms with E-state index < -0.39 is 0 Å². The highest BCUT2D eigenvalue weighted by Crippen LogP contribution is 2.00. The summed E-state index contributed by atoms with van der Waals surface area (Å²) in [4.78, 5) is 0. The number of rotatable bonds is 0. The second-order valence-corrected chi connectivity index (χ2v) is 1.83. The Morgan fingerprint density at radius 3 is 2.33 bits per heavy atom. The van der Waals surface area contributed by atoms with Crippen molar-refractivity contribution in [2.75, 3.05) is 19.8 Å². The van der Waals surface area contributed by atoms with E-state index in [-0.39, 0.29) is 12.7 Å². The number of aliphatic hydroxyl groups is 2. The Morgan fingerprint density at radius 2 is 2.22 bits per heavy atom. The number of hydrogen-bond acceptors (Lipinski definition) is 3. The summed E-state index contributed by atoms with van der Waals surface area (Å²) in [5, 5.41) is 16.2. The van der Waals surface area contributed by atoms with Crippen molar-refractivity contribution in [3.8, 4) is 0 Å². The van der Waals surface area contributed by atoms with Gasteiger partial charge in [0.2, 0.25) is 0 Å². The van der Waals surface area contributed by atoms with Crippen LogP contribution in [0.3, 0.4) is 0 Å². The minimum Gasteiger partial charge on any atom is -0.397 e. The predicted octanol–water partition coefficient (Wildman–Crippen LogP) is -0.234. The van der Waals surface area contributed by atoms with E-state index in [4.69, 9.17) is 14.9 Å². The van der Waals surface area contributed by atoms with Crippen LogP contribution in [-0.2, 0) is 4.74 Å². The van der Waals surface area contributed by atoms with E-state index in [1.165, 1.54) is 0 Å². The molecule has 0 aromatic heterocycles. The van der Waals surface area contributed by atoms with Crippen molar-refractivity contribution in [3.05, 3.63) is 0 Å². The fourth-order valence-electron chi connectivity index (χ4n) is 0.522. The molecule has 0 amide bonds. The Morgan fingerprint density at radius 1 is 1.67 bits per heavy atom. The second-order valence-electron chi connectivity index (χ2n) is 1.83. The molecule has 0 aromatic carbocycles. The largest absolute Gasteiger partial charge is 0.397 e. The zero-order valence-corrected chi connectivity index (χ0v) is 5.71. The van der Waals surface area contributed by atoms with Crippen LogP contribution in [0.4, 0.5) is 0 Å². The summed E-state index contributed by atoms with van der Waals surface area (Å²) in [6, 6.07) is 0. The smallest absolute Gasteiger partial charge is 0.0795 e. The third kappa shape index (κ3) is 5.76. The molecular formula is C6H14O3. The van der Waals surface area contributed by atoms with Crippen molar-refractivity contribution in [2.45, 2.75) is 19.4 Å². The van der Waals surface area contributed by atoms with Crippen LogP contribution >= 0.6 is 0 Å². The standard InChI is InChI=1S/C4H8O2.C2H6O/c5-4-1-2-6-3-4;1-2-3/h4-5H,1-3H2;3H,2H2,1H3/t4-;/m0./s1. The fraction of sp³-hybridized carbons (Fsp3) is 1.00. The zero-order chi connectivity index (χ0) is 7.11. The van der Waals surface area contributed by atoms with Gasteiger partial charge in [-0.3, -0.25) is 0 Å². The number of hydrogen-bond donors (Lipinski definition) is 2. The zero-order valence-electron chi connectivity index (χ0n) is 5.71. The molecule has 2 N–H and O–H groups in total. The van der Waals surface area contributed by atoms with Crippen molar-refractivity contribution >= 4 is 0 Å². The van der Waals surface area contributed by atoms with Gasteiger partial charge in [-0.2, -0.15) is 0 Å². The second kappa shape index (κ2) is 6.01. The van der Waals surface area contributed by atoms with Gasteiger partial charge in [-0.05, 0) is 13.3 Å². The monoisotopic (exact) mass is 134 g/mol. The van der Waals surface area contributed by atoms with Crippen molar-refractivity contribution in [2.24, 2.45) is 0 Å². The van der Waals surface area contributed by atoms with E-state index in [1.54, 1.807) is 6.92 Å². The Kier molecular flexibility index (Phi) is 5.93. The first-order valence-corrected chi connectivity index (χ1v) is 3.18. The van der Waals surface area contributed by atoms with Gasteiger partial charge >= 0.3 is 0 Å². The van der Waals surface area contributed by atoms with Crippen molar-refractivity contribution in [1.29, 1.82) is 0 Å². The maximum atomic E-state index is 8.60. The highest BCUT2D eigenvalue weighted by Gasteiger charge is 2.09. The van der Waals surface area contributed by atoms with Crippen molar-refractivity contribution in [1.82, 2.24) is 0 Å². The Balaban J connectivity index is 0.000000187. The normalized spacial score (nSPS) is 25.0. The van der Waals surface area contributed by atoms with E-state index in [9.17, 15) is 0 Å². The maximum Gasteiger partial charge on any atom is 0.0795 e. The topological polar surface area (TPSA) is 49.7 Å². The molecule has 1 fully saturated rings. The molecule has 1 rings (SSSR count). The highest BCUT2D eigenvalue weighted by molar-refractivity contribution is 4.58. The summed E-state index contributed by atoms with van der Waals surface area (Å²) in [7, 11) is 0. The first-order chi connectivity index (χ1) is 4.31. The maximum absolute atomic E-state index is 8.60. The van der Waals surface area contributed by atoms with Crippen LogP contribution in [0.1, 0.15) is 13.3 Å². The number of aliphatic hydroxyl groups excluding tert-OH is 2. The Labute approximate surface area is 55.3 Å². The van der Waals surface area contributed by atoms with Crippen LogP contribution in [-0.4, -0.2) is 36.1 Å². The molecule has 0 saturated carbocycles. The molecule has 1 aliphatic rings. The minimum atomic E-state index is -0.176. The molecule has 0 aliphatic carbocycles. The van der Waals surface area contributed by atoms with Crippen LogP contribution in [0.2, 0.25) is 0 Å². The van der Waals surface area contributed by atoms with Gasteiger partial charge in [0.25, 0.3) is 0 Å². The lowest BCUT2D eigenvalue weighted by molar-refractivity contribution is 0.127. The van der Waals surface area contributed by atoms with E-state index in [1.807, 2.05) is 0 Å². The molecule has 1 aliphatic heterocycles. The van der Waals surface area contributed by atoms with E-state index in [0.717, 1.165) is 13.0 Å². The predicted molar refractivity (Wildman–Crippen MR) is 34.2 cm³/mol. The van der Waals surface area contributed by atoms with Gasteiger partial charge in [0.05, 0.1) is 12.7 Å². The number of ether oxygens (including phenoxy) is 1. The van der Waals surface area contributed by atoms with Gasteiger partial charge in [0, 0.05) is 13.2 Å². The van der Waals surface area contributed by atoms with Crippen molar-refractivity contribution < 1.29 is 14.9 Å². The van der Waals surface area contributed by atoms with E-state index >= 15 is 0 Å². The van der Waals surface area contributed by atoms with Crippen LogP contribution in [0.25, 0.3) is 0 Å². The van der Waals surface area contributed by atoms with Gasteiger partial charge in [-0.25, -0.2) is 0 Å². The van der Waals surface area contributed by atoms with Crippen LogP contribution in [0.5, 0.6) is 0 Å². The first kappa shape index (κ1) is 8.88. The third-order valence-corrected chi connectivity index (χ3v) is 0.906. The summed E-state index contributed by atoms with van der Waals surface area (Å²) in [5.41, 5.74) is 0. The van der Waals surface area contributed by atoms with Gasteiger partial charge in [-0.1, -0.05) is 0 Å². The molecule has 1 heterocycles. The summed E-state index contributed by atoms with van der Waals surface area (Å²) >= 11 is 0. The van der Waals surface area contributed by atoms with Crippen LogP contribution in [0.15, 0.2) is 0 Å². The molecule has 1 saturated heterocycles. The molecule has 3 nitrogen and oxygen atoms in total. The van der Waals surface area contributed by atoms with Gasteiger partial charge < -0.3 is 14.9 Å². The summed E-state index contributed by atoms with van der Waals surface area (Å²) < 4.78 is 4.81. The molecule has 0 aromatic rings. The summed E-state index contributed by atoms with van der Waals surface area (Å²) in [6.45, 7) is 3.21. The summed E-state index contributed by atoms with van der Waals surface area (Å²) in [5.74, 6) is 0. The lowest BCUT2D eigenvalue weighted by atomic mass is 10.3. The van der Waals surface area contributed by atoms with Crippen molar-refractivity contribution in [3.63, 3.8) is 0 Å². The molecule has 0 bridgehead atoms. The lowest BCUT2D eigenvalue weighted by Crippen LogP contribution is -2.02. The molecule has 0 spiro atoms. The van der Waals surface area contributed by atoms with Gasteiger partial charge in [0.15, 0.2) is 0 Å². The lowest BCUT2D eigenvalue weighted by Gasteiger charge is -1.89. The average Bonchev–Trinajstić information content (AvgIpc) is 2.20. The van der Waals surface area contributed by atoms with E-state index in [2.05, 4.69) is 0 Å². The minimum absolute atomic E-state index is 0.176. The molecule has 9 heavy (non-hydrogen) atoms. The molecule has 56 valence electrons. The fourth-order valence-corrected chi connectivity index (χ4v) is 0.522. The molecule has 0 radical (unpaired) electrons. The molecular weight excluding hydrogens is 120 g/mol. The van der Waals surface area contributed by atoms with Gasteiger partial charge in [0.1, 0.15) is 0 Å². The Hall–Kier alpha value is -0.120. The van der Waals surface area contributed by atoms with Crippen LogP contribution in [0, 0.1) is 0 Å². The molecule has 1 atom stereocenters. The average molecular weight is 134 g/mol. The van der Waals surface area contributed by atoms with E-state index in [0.29, 0.717) is 6.61 Å². The van der Waals surface area contributed by atoms with Crippen LogP contribution < -0.4 is 0 Å². The highest BCUT2D eigenvalue weighted by atomic mass is 16.5.